The van der Waals surface area contributed by atoms with E-state index in [4.69, 9.17) is 9.47 Å². The van der Waals surface area contributed by atoms with Crippen LogP contribution in [0.2, 0.25) is 0 Å². The summed E-state index contributed by atoms with van der Waals surface area (Å²) in [4.78, 5) is 19.5. The van der Waals surface area contributed by atoms with E-state index in [1.807, 2.05) is 71.6 Å². The number of hydrogen-bond acceptors (Lipinski definition) is 4. The molecule has 0 bridgehead atoms. The highest BCUT2D eigenvalue weighted by Gasteiger charge is 2.35. The fourth-order valence-corrected chi connectivity index (χ4v) is 4.93. The van der Waals surface area contributed by atoms with Gasteiger partial charge in [-0.1, -0.05) is 42.5 Å². The molecular weight excluding hydrogens is 426 g/mol. The van der Waals surface area contributed by atoms with E-state index in [0.717, 1.165) is 62.8 Å². The van der Waals surface area contributed by atoms with E-state index in [1.165, 1.54) is 5.56 Å². The van der Waals surface area contributed by atoms with Crippen LogP contribution < -0.4 is 14.4 Å². The normalized spacial score (nSPS) is 17.3. The summed E-state index contributed by atoms with van der Waals surface area (Å²) >= 11 is 0. The van der Waals surface area contributed by atoms with Gasteiger partial charge in [0.05, 0.1) is 7.11 Å². The van der Waals surface area contributed by atoms with Crippen molar-refractivity contribution < 1.29 is 14.3 Å². The van der Waals surface area contributed by atoms with Crippen molar-refractivity contribution in [2.45, 2.75) is 25.4 Å². The molecule has 3 aromatic rings. The smallest absolute Gasteiger partial charge is 0.324 e. The zero-order valence-electron chi connectivity index (χ0n) is 19.6. The number of carbonyl (C=O) groups is 1. The van der Waals surface area contributed by atoms with E-state index in [-0.39, 0.29) is 6.03 Å². The second kappa shape index (κ2) is 10.2. The highest BCUT2D eigenvalue weighted by Crippen LogP contribution is 2.32. The van der Waals surface area contributed by atoms with E-state index in [0.29, 0.717) is 11.8 Å². The summed E-state index contributed by atoms with van der Waals surface area (Å²) in [6.07, 6.45) is 2.01. The Kier molecular flexibility index (Phi) is 6.67. The van der Waals surface area contributed by atoms with E-state index in [1.54, 1.807) is 7.11 Å². The number of methoxy groups -OCH3 is 1. The third-order valence-electron chi connectivity index (χ3n) is 6.71. The van der Waals surface area contributed by atoms with Gasteiger partial charge in [0.15, 0.2) is 11.5 Å². The molecule has 2 amide bonds. The number of ether oxygens (including phenoxy) is 2. The van der Waals surface area contributed by atoms with Crippen molar-refractivity contribution in [1.82, 2.24) is 9.80 Å². The number of para-hydroxylation sites is 3. The van der Waals surface area contributed by atoms with E-state index in [2.05, 4.69) is 21.9 Å². The minimum atomic E-state index is 0.144. The minimum Gasteiger partial charge on any atom is -0.493 e. The quantitative estimate of drug-likeness (QED) is 0.477. The van der Waals surface area contributed by atoms with E-state index >= 15 is 0 Å². The van der Waals surface area contributed by atoms with Gasteiger partial charge in [-0.3, -0.25) is 9.80 Å². The first-order valence-electron chi connectivity index (χ1n) is 12.0. The summed E-state index contributed by atoms with van der Waals surface area (Å²) < 4.78 is 11.5. The molecule has 0 saturated carbocycles. The molecule has 0 spiro atoms. The fourth-order valence-electron chi connectivity index (χ4n) is 4.93. The molecule has 5 rings (SSSR count). The Morgan fingerprint density at radius 2 is 1.56 bits per heavy atom. The molecule has 176 valence electrons. The number of likely N-dealkylation sites (tertiary alicyclic amines) is 1. The average molecular weight is 458 g/mol. The monoisotopic (exact) mass is 457 g/mol. The van der Waals surface area contributed by atoms with E-state index < -0.39 is 0 Å². The first-order chi connectivity index (χ1) is 16.7. The van der Waals surface area contributed by atoms with Crippen LogP contribution in [0.25, 0.3) is 0 Å². The first-order valence-corrected chi connectivity index (χ1v) is 12.0. The lowest BCUT2D eigenvalue weighted by atomic mass is 10.0. The molecule has 6 nitrogen and oxygen atoms in total. The molecule has 0 aliphatic carbocycles. The third kappa shape index (κ3) is 4.87. The van der Waals surface area contributed by atoms with Crippen molar-refractivity contribution >= 4 is 11.7 Å². The Morgan fingerprint density at radius 1 is 0.824 bits per heavy atom. The second-order valence-corrected chi connectivity index (χ2v) is 8.87. The third-order valence-corrected chi connectivity index (χ3v) is 6.71. The molecule has 0 atom stereocenters. The highest BCUT2D eigenvalue weighted by atomic mass is 16.5. The van der Waals surface area contributed by atoms with Gasteiger partial charge >= 0.3 is 6.03 Å². The molecule has 2 aliphatic rings. The van der Waals surface area contributed by atoms with Crippen LogP contribution in [-0.4, -0.2) is 55.2 Å². The topological polar surface area (TPSA) is 45.3 Å². The molecule has 0 N–H and O–H groups in total. The zero-order chi connectivity index (χ0) is 23.3. The van der Waals surface area contributed by atoms with Gasteiger partial charge in [0.2, 0.25) is 0 Å². The SMILES string of the molecule is COc1ccccc1Oc1cccc(CN2CCC(N3CCN(c4ccccc4)C3=O)CC2)c1. The largest absolute Gasteiger partial charge is 0.493 e. The highest BCUT2D eigenvalue weighted by molar-refractivity contribution is 5.94. The predicted molar refractivity (Wildman–Crippen MR) is 134 cm³/mol. The summed E-state index contributed by atoms with van der Waals surface area (Å²) in [5, 5.41) is 0. The molecule has 2 saturated heterocycles. The number of nitrogens with zero attached hydrogens (tertiary/aromatic N) is 3. The summed E-state index contributed by atoms with van der Waals surface area (Å²) in [5.74, 6) is 2.24. The van der Waals surface area contributed by atoms with Gasteiger partial charge in [0.25, 0.3) is 0 Å². The predicted octanol–water partition coefficient (Wildman–Crippen LogP) is 5.39. The number of amides is 2. The summed E-state index contributed by atoms with van der Waals surface area (Å²) in [7, 11) is 1.65. The van der Waals surface area contributed by atoms with Crippen LogP contribution in [0.4, 0.5) is 10.5 Å². The number of rotatable bonds is 7. The molecule has 6 heteroatoms. The van der Waals surface area contributed by atoms with Crippen LogP contribution in [0.15, 0.2) is 78.9 Å². The summed E-state index contributed by atoms with van der Waals surface area (Å²) in [5.41, 5.74) is 2.21. The molecule has 2 aliphatic heterocycles. The van der Waals surface area contributed by atoms with Crippen molar-refractivity contribution in [3.8, 4) is 17.2 Å². The first kappa shape index (κ1) is 22.3. The van der Waals surface area contributed by atoms with Gasteiger partial charge in [-0.2, -0.15) is 0 Å². The van der Waals surface area contributed by atoms with Gasteiger partial charge < -0.3 is 14.4 Å². The van der Waals surface area contributed by atoms with Gasteiger partial charge in [0.1, 0.15) is 5.75 Å². The van der Waals surface area contributed by atoms with Gasteiger partial charge in [-0.05, 0) is 54.8 Å². The molecule has 0 aromatic heterocycles. The van der Waals surface area contributed by atoms with Crippen molar-refractivity contribution in [2.75, 3.05) is 38.2 Å². The Bertz CT molecular complexity index is 1110. The molecule has 0 radical (unpaired) electrons. The zero-order valence-corrected chi connectivity index (χ0v) is 19.6. The lowest BCUT2D eigenvalue weighted by Crippen LogP contribution is -2.46. The van der Waals surface area contributed by atoms with E-state index in [9.17, 15) is 4.79 Å². The van der Waals surface area contributed by atoms with Gasteiger partial charge in [-0.25, -0.2) is 4.79 Å². The molecule has 3 aromatic carbocycles. The Morgan fingerprint density at radius 3 is 2.32 bits per heavy atom. The standard InChI is InChI=1S/C28H31N3O3/c1-33-26-12-5-6-13-27(26)34-25-11-7-8-22(20-25)21-29-16-14-24(15-17-29)31-19-18-30(28(31)32)23-9-3-2-4-10-23/h2-13,20,24H,14-19,21H2,1H3. The van der Waals surface area contributed by atoms with Crippen LogP contribution in [-0.2, 0) is 6.54 Å². The van der Waals surface area contributed by atoms with Crippen LogP contribution in [0.1, 0.15) is 18.4 Å². The summed E-state index contributed by atoms with van der Waals surface area (Å²) in [6, 6.07) is 26.4. The maximum absolute atomic E-state index is 13.0. The number of piperidine rings is 1. The van der Waals surface area contributed by atoms with Crippen molar-refractivity contribution in [3.05, 3.63) is 84.4 Å². The van der Waals surface area contributed by atoms with Crippen LogP contribution in [0.5, 0.6) is 17.2 Å². The number of urea groups is 1. The maximum atomic E-state index is 13.0. The lowest BCUT2D eigenvalue weighted by molar-refractivity contribution is 0.133. The second-order valence-electron chi connectivity index (χ2n) is 8.87. The molecule has 34 heavy (non-hydrogen) atoms. The maximum Gasteiger partial charge on any atom is 0.324 e. The number of benzene rings is 3. The van der Waals surface area contributed by atoms with Crippen LogP contribution in [0.3, 0.4) is 0 Å². The van der Waals surface area contributed by atoms with Crippen molar-refractivity contribution in [1.29, 1.82) is 0 Å². The Labute approximate surface area is 201 Å². The van der Waals surface area contributed by atoms with Crippen molar-refractivity contribution in [2.24, 2.45) is 0 Å². The molecular formula is C28H31N3O3. The minimum absolute atomic E-state index is 0.144. The lowest BCUT2D eigenvalue weighted by Gasteiger charge is -2.36. The van der Waals surface area contributed by atoms with Gasteiger partial charge in [0, 0.05) is 44.5 Å². The number of anilines is 1. The van der Waals surface area contributed by atoms with Crippen molar-refractivity contribution in [3.63, 3.8) is 0 Å². The summed E-state index contributed by atoms with van der Waals surface area (Å²) in [6.45, 7) is 4.41. The Balaban J connectivity index is 1.16. The average Bonchev–Trinajstić information content (AvgIpc) is 3.27. The molecule has 2 heterocycles. The molecule has 2 fully saturated rings. The van der Waals surface area contributed by atoms with Crippen LogP contribution >= 0.6 is 0 Å². The van der Waals surface area contributed by atoms with Crippen LogP contribution in [0, 0.1) is 0 Å². The number of carbonyl (C=O) groups excluding carboxylic acids is 1. The number of hydrogen-bond donors (Lipinski definition) is 0. The molecule has 0 unspecified atom stereocenters. The van der Waals surface area contributed by atoms with Gasteiger partial charge in [-0.15, -0.1) is 0 Å². The fraction of sp³-hybridized carbons (Fsp3) is 0.321. The Hall–Kier alpha value is -3.51.